The van der Waals surface area contributed by atoms with Crippen molar-refractivity contribution in [3.63, 3.8) is 0 Å². The third-order valence-corrected chi connectivity index (χ3v) is 3.34. The standard InChI is InChI=1S/C12H11ClF4O/c1-7-2-3-9(13)8(4-7)6-18-10-5-11(14,15)12(10,16)17/h2-4,10H,5-6H2,1H3. The van der Waals surface area contributed by atoms with Crippen LogP contribution in [0.1, 0.15) is 17.5 Å². The first-order valence-electron chi connectivity index (χ1n) is 5.36. The molecule has 0 heterocycles. The van der Waals surface area contributed by atoms with Gasteiger partial charge in [-0.25, -0.2) is 0 Å². The molecule has 2 rings (SSSR count). The van der Waals surface area contributed by atoms with Crippen molar-refractivity contribution in [3.05, 3.63) is 34.3 Å². The average molecular weight is 283 g/mol. The van der Waals surface area contributed by atoms with Crippen LogP contribution in [0.3, 0.4) is 0 Å². The Morgan fingerprint density at radius 3 is 2.56 bits per heavy atom. The summed E-state index contributed by atoms with van der Waals surface area (Å²) in [5.74, 6) is -8.06. The summed E-state index contributed by atoms with van der Waals surface area (Å²) >= 11 is 5.85. The highest BCUT2D eigenvalue weighted by atomic mass is 35.5. The van der Waals surface area contributed by atoms with Crippen LogP contribution in [0.5, 0.6) is 0 Å². The molecular weight excluding hydrogens is 272 g/mol. The van der Waals surface area contributed by atoms with Crippen molar-refractivity contribution in [3.8, 4) is 0 Å². The number of rotatable bonds is 3. The van der Waals surface area contributed by atoms with E-state index in [0.29, 0.717) is 10.6 Å². The molecule has 1 aromatic rings. The lowest BCUT2D eigenvalue weighted by molar-refractivity contribution is -0.342. The zero-order valence-electron chi connectivity index (χ0n) is 9.52. The van der Waals surface area contributed by atoms with Gasteiger partial charge in [-0.05, 0) is 18.6 Å². The van der Waals surface area contributed by atoms with Gasteiger partial charge in [0.15, 0.2) is 0 Å². The van der Waals surface area contributed by atoms with Gasteiger partial charge in [0.1, 0.15) is 6.10 Å². The third kappa shape index (κ3) is 2.21. The van der Waals surface area contributed by atoms with E-state index in [4.69, 9.17) is 16.3 Å². The first-order chi connectivity index (χ1) is 8.24. The lowest BCUT2D eigenvalue weighted by Crippen LogP contribution is -2.63. The normalized spacial score (nSPS) is 24.7. The molecule has 18 heavy (non-hydrogen) atoms. The molecule has 1 aliphatic carbocycles. The Labute approximate surface area is 107 Å². The molecule has 0 radical (unpaired) electrons. The molecule has 0 amide bonds. The van der Waals surface area contributed by atoms with E-state index in [-0.39, 0.29) is 6.61 Å². The lowest BCUT2D eigenvalue weighted by atomic mass is 9.85. The van der Waals surface area contributed by atoms with E-state index in [1.165, 1.54) is 0 Å². The van der Waals surface area contributed by atoms with Crippen LogP contribution in [0.4, 0.5) is 17.6 Å². The fourth-order valence-corrected chi connectivity index (χ4v) is 1.94. The molecule has 0 aliphatic heterocycles. The zero-order valence-corrected chi connectivity index (χ0v) is 10.3. The number of halogens is 5. The Morgan fingerprint density at radius 1 is 1.33 bits per heavy atom. The minimum absolute atomic E-state index is 0.198. The molecule has 1 aromatic carbocycles. The predicted molar refractivity (Wildman–Crippen MR) is 59.3 cm³/mol. The SMILES string of the molecule is Cc1ccc(Cl)c(COC2CC(F)(F)C2(F)F)c1. The largest absolute Gasteiger partial charge is 0.367 e. The number of benzene rings is 1. The summed E-state index contributed by atoms with van der Waals surface area (Å²) in [5.41, 5.74) is 1.41. The van der Waals surface area contributed by atoms with Crippen molar-refractivity contribution in [1.82, 2.24) is 0 Å². The number of hydrogen-bond donors (Lipinski definition) is 0. The highest BCUT2D eigenvalue weighted by molar-refractivity contribution is 6.31. The number of alkyl halides is 4. The van der Waals surface area contributed by atoms with E-state index in [1.54, 1.807) is 18.2 Å². The zero-order chi connectivity index (χ0) is 13.6. The Bertz CT molecular complexity index is 461. The Hall–Kier alpha value is -0.810. The van der Waals surface area contributed by atoms with Crippen LogP contribution < -0.4 is 0 Å². The smallest absolute Gasteiger partial charge is 0.335 e. The van der Waals surface area contributed by atoms with Crippen LogP contribution in [0.2, 0.25) is 5.02 Å². The quantitative estimate of drug-likeness (QED) is 0.755. The van der Waals surface area contributed by atoms with Crippen LogP contribution in [0.15, 0.2) is 18.2 Å². The van der Waals surface area contributed by atoms with E-state index < -0.39 is 24.4 Å². The van der Waals surface area contributed by atoms with Crippen molar-refractivity contribution in [2.75, 3.05) is 0 Å². The molecule has 6 heteroatoms. The maximum Gasteiger partial charge on any atom is 0.335 e. The van der Waals surface area contributed by atoms with Crippen molar-refractivity contribution >= 4 is 11.6 Å². The predicted octanol–water partition coefficient (Wildman–Crippen LogP) is 4.21. The van der Waals surface area contributed by atoms with Crippen LogP contribution in [-0.4, -0.2) is 17.9 Å². The van der Waals surface area contributed by atoms with Gasteiger partial charge in [0, 0.05) is 5.02 Å². The maximum atomic E-state index is 13.0. The molecule has 0 aromatic heterocycles. The second-order valence-electron chi connectivity index (χ2n) is 4.43. The van der Waals surface area contributed by atoms with Gasteiger partial charge in [0.2, 0.25) is 0 Å². The number of hydrogen-bond acceptors (Lipinski definition) is 1. The second-order valence-corrected chi connectivity index (χ2v) is 4.83. The van der Waals surface area contributed by atoms with Gasteiger partial charge in [-0.3, -0.25) is 0 Å². The van der Waals surface area contributed by atoms with Gasteiger partial charge in [-0.15, -0.1) is 0 Å². The maximum absolute atomic E-state index is 13.0. The summed E-state index contributed by atoms with van der Waals surface area (Å²) in [6.07, 6.45) is -2.70. The monoisotopic (exact) mass is 282 g/mol. The van der Waals surface area contributed by atoms with Gasteiger partial charge < -0.3 is 4.74 Å². The lowest BCUT2D eigenvalue weighted by Gasteiger charge is -2.43. The van der Waals surface area contributed by atoms with Gasteiger partial charge >= 0.3 is 11.8 Å². The molecule has 100 valence electrons. The van der Waals surface area contributed by atoms with Gasteiger partial charge in [0.05, 0.1) is 13.0 Å². The Balaban J connectivity index is 2.00. The first kappa shape index (κ1) is 13.6. The highest BCUT2D eigenvalue weighted by Gasteiger charge is 2.72. The van der Waals surface area contributed by atoms with Crippen molar-refractivity contribution in [2.24, 2.45) is 0 Å². The van der Waals surface area contributed by atoms with E-state index in [9.17, 15) is 17.6 Å². The van der Waals surface area contributed by atoms with E-state index in [2.05, 4.69) is 0 Å². The molecule has 0 saturated heterocycles. The molecule has 0 bridgehead atoms. The molecule has 1 atom stereocenters. The van der Waals surface area contributed by atoms with Gasteiger partial charge in [0.25, 0.3) is 0 Å². The van der Waals surface area contributed by atoms with Crippen LogP contribution in [0.25, 0.3) is 0 Å². The minimum atomic E-state index is -4.09. The van der Waals surface area contributed by atoms with Crippen molar-refractivity contribution in [1.29, 1.82) is 0 Å². The van der Waals surface area contributed by atoms with E-state index >= 15 is 0 Å². The van der Waals surface area contributed by atoms with E-state index in [0.717, 1.165) is 5.56 Å². The Kier molecular flexibility index (Phi) is 3.32. The van der Waals surface area contributed by atoms with Gasteiger partial charge in [-0.1, -0.05) is 29.3 Å². The summed E-state index contributed by atoms with van der Waals surface area (Å²) in [4.78, 5) is 0. The average Bonchev–Trinajstić information content (AvgIpc) is 2.28. The molecule has 1 unspecified atom stereocenters. The molecule has 0 N–H and O–H groups in total. The van der Waals surface area contributed by atoms with Crippen molar-refractivity contribution in [2.45, 2.75) is 37.9 Å². The summed E-state index contributed by atoms with van der Waals surface area (Å²) in [6.45, 7) is 1.61. The van der Waals surface area contributed by atoms with Crippen LogP contribution >= 0.6 is 11.6 Å². The molecule has 0 spiro atoms. The molecule has 1 saturated carbocycles. The summed E-state index contributed by atoms with van der Waals surface area (Å²) in [6, 6.07) is 5.05. The molecule has 1 aliphatic rings. The van der Waals surface area contributed by atoms with Crippen molar-refractivity contribution < 1.29 is 22.3 Å². The number of ether oxygens (including phenoxy) is 1. The second kappa shape index (κ2) is 4.38. The molecular formula is C12H11ClF4O. The highest BCUT2D eigenvalue weighted by Crippen LogP contribution is 2.52. The first-order valence-corrected chi connectivity index (χ1v) is 5.74. The third-order valence-electron chi connectivity index (χ3n) is 2.98. The summed E-state index contributed by atoms with van der Waals surface area (Å²) in [5, 5.41) is 0.370. The fourth-order valence-electron chi connectivity index (χ4n) is 1.77. The van der Waals surface area contributed by atoms with Crippen LogP contribution in [0, 0.1) is 6.92 Å². The van der Waals surface area contributed by atoms with Crippen LogP contribution in [-0.2, 0) is 11.3 Å². The summed E-state index contributed by atoms with van der Waals surface area (Å²) < 4.78 is 55.9. The molecule has 1 fully saturated rings. The summed E-state index contributed by atoms with van der Waals surface area (Å²) in [7, 11) is 0. The fraction of sp³-hybridized carbons (Fsp3) is 0.500. The number of aryl methyl sites for hydroxylation is 1. The van der Waals surface area contributed by atoms with E-state index in [1.807, 2.05) is 6.92 Å². The van der Waals surface area contributed by atoms with Gasteiger partial charge in [-0.2, -0.15) is 17.6 Å². The Morgan fingerprint density at radius 2 is 2.00 bits per heavy atom. The topological polar surface area (TPSA) is 9.23 Å². The molecule has 1 nitrogen and oxygen atoms in total. The minimum Gasteiger partial charge on any atom is -0.367 e.